The molecule has 0 aliphatic carbocycles. The maximum Gasteiger partial charge on any atom is 0.220 e. The van der Waals surface area contributed by atoms with Crippen LogP contribution in [0.5, 0.6) is 0 Å². The number of carbonyl (C=O) groups excluding carboxylic acids is 1. The van der Waals surface area contributed by atoms with Crippen LogP contribution in [0.3, 0.4) is 0 Å². The van der Waals surface area contributed by atoms with Gasteiger partial charge in [-0.25, -0.2) is 0 Å². The van der Waals surface area contributed by atoms with Gasteiger partial charge in [-0.2, -0.15) is 5.10 Å². The number of hydrogen-bond acceptors (Lipinski definition) is 3. The maximum atomic E-state index is 11.9. The Balaban J connectivity index is 0.00000312. The van der Waals surface area contributed by atoms with Gasteiger partial charge in [0.15, 0.2) is 0 Å². The molecule has 138 valence electrons. The summed E-state index contributed by atoms with van der Waals surface area (Å²) in [6.45, 7) is 9.29. The lowest BCUT2D eigenvalue weighted by atomic mass is 10.1. The Morgan fingerprint density at radius 1 is 1.24 bits per heavy atom. The van der Waals surface area contributed by atoms with E-state index in [-0.39, 0.29) is 24.4 Å². The fourth-order valence-electron chi connectivity index (χ4n) is 2.76. The number of aryl methyl sites for hydroxylation is 2. The molecule has 0 saturated carbocycles. The molecule has 6 heteroatoms. The summed E-state index contributed by atoms with van der Waals surface area (Å²) in [6.07, 6.45) is 1.16. The van der Waals surface area contributed by atoms with E-state index in [2.05, 4.69) is 48.5 Å². The molecule has 3 N–H and O–H groups in total. The molecule has 0 unspecified atom stereocenters. The van der Waals surface area contributed by atoms with Crippen molar-refractivity contribution < 1.29 is 4.79 Å². The van der Waals surface area contributed by atoms with E-state index < -0.39 is 0 Å². The Bertz CT molecular complexity index is 694. The number of halogens is 1. The lowest BCUT2D eigenvalue weighted by Crippen LogP contribution is -2.37. The zero-order valence-electron chi connectivity index (χ0n) is 15.5. The largest absolute Gasteiger partial charge is 0.352 e. The first-order chi connectivity index (χ1) is 11.4. The molecule has 1 amide bonds. The molecule has 0 aliphatic heterocycles. The van der Waals surface area contributed by atoms with Crippen LogP contribution in [0, 0.1) is 20.8 Å². The average molecular weight is 365 g/mol. The van der Waals surface area contributed by atoms with Crippen molar-refractivity contribution in [1.29, 1.82) is 0 Å². The molecule has 1 heterocycles. The van der Waals surface area contributed by atoms with Gasteiger partial charge in [-0.15, -0.1) is 12.4 Å². The molecular formula is C19H29ClN4O. The highest BCUT2D eigenvalue weighted by atomic mass is 35.5. The highest BCUT2D eigenvalue weighted by molar-refractivity contribution is 5.85. The Morgan fingerprint density at radius 2 is 1.88 bits per heavy atom. The lowest BCUT2D eigenvalue weighted by molar-refractivity contribution is -0.121. The van der Waals surface area contributed by atoms with Crippen LogP contribution in [0.25, 0.3) is 0 Å². The van der Waals surface area contributed by atoms with Gasteiger partial charge in [-0.1, -0.05) is 29.8 Å². The van der Waals surface area contributed by atoms with Gasteiger partial charge in [0.2, 0.25) is 5.91 Å². The van der Waals surface area contributed by atoms with Crippen LogP contribution in [-0.2, 0) is 17.8 Å². The number of hydrogen-bond donors (Lipinski definition) is 2. The molecule has 5 nitrogen and oxygen atoms in total. The molecule has 2 rings (SSSR count). The van der Waals surface area contributed by atoms with Gasteiger partial charge in [0.25, 0.3) is 0 Å². The quantitative estimate of drug-likeness (QED) is 0.793. The molecule has 0 bridgehead atoms. The van der Waals surface area contributed by atoms with Crippen molar-refractivity contribution in [2.24, 2.45) is 5.73 Å². The lowest BCUT2D eigenvalue weighted by Gasteiger charge is -2.11. The van der Waals surface area contributed by atoms with E-state index in [4.69, 9.17) is 5.73 Å². The molecule has 1 aromatic heterocycles. The van der Waals surface area contributed by atoms with Crippen LogP contribution in [0.4, 0.5) is 0 Å². The predicted octanol–water partition coefficient (Wildman–Crippen LogP) is 2.67. The molecule has 0 aliphatic rings. The van der Waals surface area contributed by atoms with Gasteiger partial charge in [-0.05, 0) is 45.2 Å². The van der Waals surface area contributed by atoms with Gasteiger partial charge < -0.3 is 11.1 Å². The molecular weight excluding hydrogens is 336 g/mol. The Kier molecular flexibility index (Phi) is 8.13. The second kappa shape index (κ2) is 9.59. The van der Waals surface area contributed by atoms with Crippen molar-refractivity contribution in [3.8, 4) is 0 Å². The summed E-state index contributed by atoms with van der Waals surface area (Å²) in [4.78, 5) is 11.9. The zero-order valence-corrected chi connectivity index (χ0v) is 16.3. The van der Waals surface area contributed by atoms with Gasteiger partial charge in [0.05, 0.1) is 12.2 Å². The molecule has 1 aromatic carbocycles. The van der Waals surface area contributed by atoms with Crippen molar-refractivity contribution in [2.75, 3.05) is 6.54 Å². The minimum absolute atomic E-state index is 0. The van der Waals surface area contributed by atoms with E-state index in [1.807, 2.05) is 18.5 Å². The Labute approximate surface area is 156 Å². The first-order valence-corrected chi connectivity index (χ1v) is 8.48. The zero-order chi connectivity index (χ0) is 17.7. The minimum Gasteiger partial charge on any atom is -0.352 e. The summed E-state index contributed by atoms with van der Waals surface area (Å²) in [5, 5.41) is 7.55. The van der Waals surface area contributed by atoms with Crippen molar-refractivity contribution in [3.05, 3.63) is 52.3 Å². The molecule has 2 aromatic rings. The summed E-state index contributed by atoms with van der Waals surface area (Å²) in [6, 6.07) is 8.51. The molecule has 0 saturated heterocycles. The molecule has 1 atom stereocenters. The van der Waals surface area contributed by atoms with Crippen LogP contribution in [0.1, 0.15) is 41.4 Å². The first-order valence-electron chi connectivity index (χ1n) is 8.48. The molecule has 0 spiro atoms. The van der Waals surface area contributed by atoms with E-state index in [1.165, 1.54) is 11.1 Å². The number of nitrogens with zero attached hydrogens (tertiary/aromatic N) is 2. The third-order valence-electron chi connectivity index (χ3n) is 4.35. The Morgan fingerprint density at radius 3 is 2.48 bits per heavy atom. The number of carbonyl (C=O) groups is 1. The maximum absolute atomic E-state index is 11.9. The van der Waals surface area contributed by atoms with Crippen molar-refractivity contribution in [1.82, 2.24) is 15.1 Å². The van der Waals surface area contributed by atoms with E-state index in [0.717, 1.165) is 23.5 Å². The molecule has 25 heavy (non-hydrogen) atoms. The van der Waals surface area contributed by atoms with Crippen LogP contribution in [-0.4, -0.2) is 28.3 Å². The first kappa shape index (κ1) is 21.2. The summed E-state index contributed by atoms with van der Waals surface area (Å²) < 4.78 is 2.02. The van der Waals surface area contributed by atoms with Gasteiger partial charge in [0.1, 0.15) is 0 Å². The standard InChI is InChI=1S/C19H28N4O.ClH/c1-13-5-7-17(8-6-13)12-23-16(4)18(15(3)22-23)9-10-19(24)21-14(2)11-20;/h5-8,14H,9-12,20H2,1-4H3,(H,21,24);1H/t14-;/m0./s1. The van der Waals surface area contributed by atoms with Gasteiger partial charge in [-0.3, -0.25) is 9.48 Å². The second-order valence-corrected chi connectivity index (χ2v) is 6.50. The van der Waals surface area contributed by atoms with E-state index in [0.29, 0.717) is 19.4 Å². The number of rotatable bonds is 7. The normalized spacial score (nSPS) is 11.7. The van der Waals surface area contributed by atoms with E-state index >= 15 is 0 Å². The SMILES string of the molecule is Cc1ccc(Cn2nc(C)c(CCC(=O)N[C@@H](C)CN)c2C)cc1.Cl. The van der Waals surface area contributed by atoms with Crippen LogP contribution in [0.2, 0.25) is 0 Å². The number of amides is 1. The topological polar surface area (TPSA) is 72.9 Å². The smallest absolute Gasteiger partial charge is 0.220 e. The fourth-order valence-corrected chi connectivity index (χ4v) is 2.76. The third-order valence-corrected chi connectivity index (χ3v) is 4.35. The van der Waals surface area contributed by atoms with E-state index in [1.54, 1.807) is 0 Å². The Hall–Kier alpha value is -1.85. The van der Waals surface area contributed by atoms with Crippen molar-refractivity contribution in [2.45, 2.75) is 53.1 Å². The van der Waals surface area contributed by atoms with Crippen molar-refractivity contribution in [3.63, 3.8) is 0 Å². The summed E-state index contributed by atoms with van der Waals surface area (Å²) >= 11 is 0. The van der Waals surface area contributed by atoms with Crippen LogP contribution >= 0.6 is 12.4 Å². The average Bonchev–Trinajstić information content (AvgIpc) is 2.81. The van der Waals surface area contributed by atoms with Crippen LogP contribution < -0.4 is 11.1 Å². The van der Waals surface area contributed by atoms with Crippen molar-refractivity contribution >= 4 is 18.3 Å². The predicted molar refractivity (Wildman–Crippen MR) is 104 cm³/mol. The summed E-state index contributed by atoms with van der Waals surface area (Å²) in [5.41, 5.74) is 11.3. The highest BCUT2D eigenvalue weighted by Crippen LogP contribution is 2.17. The number of nitrogens with one attached hydrogen (secondary N) is 1. The van der Waals surface area contributed by atoms with Gasteiger partial charge >= 0.3 is 0 Å². The number of benzene rings is 1. The summed E-state index contributed by atoms with van der Waals surface area (Å²) in [7, 11) is 0. The molecule has 0 radical (unpaired) electrons. The monoisotopic (exact) mass is 364 g/mol. The second-order valence-electron chi connectivity index (χ2n) is 6.50. The highest BCUT2D eigenvalue weighted by Gasteiger charge is 2.14. The number of aromatic nitrogens is 2. The third kappa shape index (κ3) is 5.87. The summed E-state index contributed by atoms with van der Waals surface area (Å²) in [5.74, 6) is 0.0398. The fraction of sp³-hybridized carbons (Fsp3) is 0.474. The minimum atomic E-state index is 0. The van der Waals surface area contributed by atoms with Gasteiger partial charge in [0, 0.05) is 24.7 Å². The molecule has 0 fully saturated rings. The van der Waals surface area contributed by atoms with Crippen LogP contribution in [0.15, 0.2) is 24.3 Å². The van der Waals surface area contributed by atoms with E-state index in [9.17, 15) is 4.79 Å². The number of nitrogens with two attached hydrogens (primary N) is 1.